The maximum atomic E-state index is 10.2. The van der Waals surface area contributed by atoms with Crippen LogP contribution in [0.5, 0.6) is 0 Å². The third kappa shape index (κ3) is 2.64. The lowest BCUT2D eigenvalue weighted by Crippen LogP contribution is -2.49. The normalized spacial score (nSPS) is 13.2. The molecule has 0 aliphatic carbocycles. The lowest BCUT2D eigenvalue weighted by Gasteiger charge is -2.37. The summed E-state index contributed by atoms with van der Waals surface area (Å²) >= 11 is 0. The Morgan fingerprint density at radius 1 is 0.920 bits per heavy atom. The van der Waals surface area contributed by atoms with Crippen LogP contribution in [0, 0.1) is 0 Å². The molecule has 2 heterocycles. The van der Waals surface area contributed by atoms with Crippen LogP contribution in [0.25, 0.3) is 32.9 Å². The van der Waals surface area contributed by atoms with Crippen LogP contribution in [0.15, 0.2) is 51.5 Å². The van der Waals surface area contributed by atoms with Crippen molar-refractivity contribution >= 4 is 45.9 Å². The van der Waals surface area contributed by atoms with E-state index in [1.54, 1.807) is 27.6 Å². The van der Waals surface area contributed by atoms with Gasteiger partial charge in [0.1, 0.15) is 16.7 Å². The molecule has 0 atom stereocenters. The Kier molecular flexibility index (Phi) is 3.50. The Bertz CT molecular complexity index is 1070. The lowest BCUT2D eigenvalue weighted by molar-refractivity contribution is -0.0893. The maximum absolute atomic E-state index is 10.2. The second-order valence-electron chi connectivity index (χ2n) is 7.43. The molecule has 25 heavy (non-hydrogen) atoms. The van der Waals surface area contributed by atoms with Crippen molar-refractivity contribution in [3.63, 3.8) is 0 Å². The summed E-state index contributed by atoms with van der Waals surface area (Å²) in [5, 5.41) is 13.3. The van der Waals surface area contributed by atoms with Crippen molar-refractivity contribution in [1.29, 1.82) is 0 Å². The molecule has 0 saturated heterocycles. The third-order valence-corrected chi connectivity index (χ3v) is 5.05. The fourth-order valence-electron chi connectivity index (χ4n) is 2.77. The summed E-state index contributed by atoms with van der Waals surface area (Å²) in [6.45, 7) is 7.21. The van der Waals surface area contributed by atoms with E-state index in [0.717, 1.165) is 38.4 Å². The van der Waals surface area contributed by atoms with E-state index >= 15 is 0 Å². The fraction of sp³-hybridized carbons (Fsp3) is 0.300. The van der Waals surface area contributed by atoms with Crippen molar-refractivity contribution in [2.75, 3.05) is 0 Å². The minimum atomic E-state index is -0.959. The van der Waals surface area contributed by atoms with Gasteiger partial charge in [0.15, 0.2) is 0 Å². The number of hydrogen-bond acceptors (Lipinski definition) is 4. The number of hydrogen-bond donors (Lipinski definition) is 1. The number of benzene rings is 2. The van der Waals surface area contributed by atoms with Crippen molar-refractivity contribution in [2.45, 2.75) is 38.9 Å². The van der Waals surface area contributed by atoms with Gasteiger partial charge in [-0.3, -0.25) is 0 Å². The van der Waals surface area contributed by atoms with E-state index in [1.165, 1.54) is 0 Å². The Balaban J connectivity index is 1.77. The fourth-order valence-corrected chi connectivity index (χ4v) is 2.77. The number of aliphatic hydroxyl groups is 1. The predicted octanol–water partition coefficient (Wildman–Crippen LogP) is 4.14. The molecule has 0 aliphatic heterocycles. The third-order valence-electron chi connectivity index (χ3n) is 5.05. The highest BCUT2D eigenvalue weighted by Gasteiger charge is 2.35. The molecule has 2 aromatic carbocycles. The summed E-state index contributed by atoms with van der Waals surface area (Å²) in [6, 6.07) is 11.7. The van der Waals surface area contributed by atoms with E-state index in [0.29, 0.717) is 0 Å². The zero-order chi connectivity index (χ0) is 17.8. The molecule has 0 fully saturated rings. The molecule has 1 radical (unpaired) electrons. The van der Waals surface area contributed by atoms with E-state index in [-0.39, 0.29) is 0 Å². The molecule has 4 nitrogen and oxygen atoms in total. The Morgan fingerprint density at radius 2 is 1.64 bits per heavy atom. The number of furan rings is 2. The summed E-state index contributed by atoms with van der Waals surface area (Å²) in [5.41, 5.74) is 1.73. The standard InChI is InChI=1S/C20H20BO4/c1-19(2,22)20(3,4)25-21-12-5-6-16-14(11-12)18-13-9-10-23-15(13)7-8-17(18)24-16/h5-11,22H,1-4H3. The van der Waals surface area contributed by atoms with Crippen LogP contribution in [0.4, 0.5) is 0 Å². The van der Waals surface area contributed by atoms with Crippen molar-refractivity contribution in [3.8, 4) is 0 Å². The van der Waals surface area contributed by atoms with Gasteiger partial charge in [0.2, 0.25) is 0 Å². The highest BCUT2D eigenvalue weighted by molar-refractivity contribution is 6.47. The highest BCUT2D eigenvalue weighted by atomic mass is 16.5. The average molecular weight is 335 g/mol. The van der Waals surface area contributed by atoms with E-state index in [2.05, 4.69) is 0 Å². The van der Waals surface area contributed by atoms with E-state index in [9.17, 15) is 5.11 Å². The van der Waals surface area contributed by atoms with Crippen LogP contribution in [0.2, 0.25) is 0 Å². The molecule has 127 valence electrons. The lowest BCUT2D eigenvalue weighted by atomic mass is 9.82. The molecule has 0 amide bonds. The summed E-state index contributed by atoms with van der Waals surface area (Å²) in [4.78, 5) is 0. The Hall–Kier alpha value is -2.24. The van der Waals surface area contributed by atoms with Crippen LogP contribution in [0.1, 0.15) is 27.7 Å². The first-order valence-electron chi connectivity index (χ1n) is 8.32. The van der Waals surface area contributed by atoms with Crippen LogP contribution in [-0.4, -0.2) is 23.8 Å². The topological polar surface area (TPSA) is 55.7 Å². The van der Waals surface area contributed by atoms with Crippen LogP contribution >= 0.6 is 0 Å². The van der Waals surface area contributed by atoms with Crippen LogP contribution in [0.3, 0.4) is 0 Å². The number of fused-ring (bicyclic) bond motifs is 5. The van der Waals surface area contributed by atoms with Crippen LogP contribution in [-0.2, 0) is 4.65 Å². The van der Waals surface area contributed by atoms with Gasteiger partial charge in [0, 0.05) is 16.2 Å². The van der Waals surface area contributed by atoms with Crippen molar-refractivity contribution in [2.24, 2.45) is 0 Å². The van der Waals surface area contributed by atoms with Crippen LogP contribution < -0.4 is 5.46 Å². The van der Waals surface area contributed by atoms with Crippen molar-refractivity contribution in [1.82, 2.24) is 0 Å². The Labute approximate surface area is 146 Å². The van der Waals surface area contributed by atoms with Gasteiger partial charge in [0.05, 0.1) is 17.5 Å². The molecule has 0 aliphatic rings. The zero-order valence-electron chi connectivity index (χ0n) is 14.8. The van der Waals surface area contributed by atoms with Gasteiger partial charge in [-0.15, -0.1) is 0 Å². The maximum Gasteiger partial charge on any atom is 0.330 e. The van der Waals surface area contributed by atoms with Gasteiger partial charge in [-0.1, -0.05) is 17.6 Å². The molecule has 4 aromatic rings. The van der Waals surface area contributed by atoms with Gasteiger partial charge in [-0.25, -0.2) is 0 Å². The predicted molar refractivity (Wildman–Crippen MR) is 100 cm³/mol. The molecule has 5 heteroatoms. The summed E-state index contributed by atoms with van der Waals surface area (Å²) in [5.74, 6) is 0. The zero-order valence-corrected chi connectivity index (χ0v) is 14.8. The molecule has 4 rings (SSSR count). The summed E-state index contributed by atoms with van der Waals surface area (Å²) < 4.78 is 17.3. The van der Waals surface area contributed by atoms with E-state index < -0.39 is 11.2 Å². The average Bonchev–Trinajstić information content (AvgIpc) is 3.14. The van der Waals surface area contributed by atoms with E-state index in [4.69, 9.17) is 13.5 Å². The van der Waals surface area contributed by atoms with Gasteiger partial charge in [0.25, 0.3) is 0 Å². The monoisotopic (exact) mass is 335 g/mol. The molecule has 0 saturated carbocycles. The van der Waals surface area contributed by atoms with Crippen molar-refractivity contribution in [3.05, 3.63) is 42.7 Å². The van der Waals surface area contributed by atoms with E-state index in [1.807, 2.05) is 50.2 Å². The molecular formula is C20H20BO4. The Morgan fingerprint density at radius 3 is 2.40 bits per heavy atom. The molecule has 0 spiro atoms. The van der Waals surface area contributed by atoms with Gasteiger partial charge >= 0.3 is 7.48 Å². The largest absolute Gasteiger partial charge is 0.464 e. The smallest absolute Gasteiger partial charge is 0.330 e. The minimum absolute atomic E-state index is 0.710. The first-order chi connectivity index (χ1) is 11.8. The molecule has 2 aromatic heterocycles. The highest BCUT2D eigenvalue weighted by Crippen LogP contribution is 2.34. The van der Waals surface area contributed by atoms with Gasteiger partial charge in [-0.2, -0.15) is 0 Å². The van der Waals surface area contributed by atoms with Gasteiger partial charge in [-0.05, 0) is 52.0 Å². The second-order valence-corrected chi connectivity index (χ2v) is 7.43. The molecular weight excluding hydrogens is 315 g/mol. The first kappa shape index (κ1) is 16.2. The summed E-state index contributed by atoms with van der Waals surface area (Å²) in [6.07, 6.45) is 1.69. The molecule has 1 N–H and O–H groups in total. The number of rotatable bonds is 4. The van der Waals surface area contributed by atoms with Gasteiger partial charge < -0.3 is 18.6 Å². The SMILES string of the molecule is CC(C)(O)C(C)(C)O[B]c1ccc2oc3ccc4occc4c3c2c1. The van der Waals surface area contributed by atoms with Crippen molar-refractivity contribution < 1.29 is 18.6 Å². The minimum Gasteiger partial charge on any atom is -0.464 e. The molecule has 0 unspecified atom stereocenters. The quantitative estimate of drug-likeness (QED) is 0.570. The first-order valence-corrected chi connectivity index (χ1v) is 8.32. The second kappa shape index (κ2) is 5.38. The summed E-state index contributed by atoms with van der Waals surface area (Å²) in [7, 11) is 1.69. The molecule has 0 bridgehead atoms.